The normalized spacial score (nSPS) is 21.3. The fraction of sp³-hybridized carbons (Fsp3) is 0.714. The van der Waals surface area contributed by atoms with Crippen LogP contribution in [0.2, 0.25) is 0 Å². The molecule has 0 aliphatic heterocycles. The summed E-state index contributed by atoms with van der Waals surface area (Å²) in [6.45, 7) is 2.34. The van der Waals surface area contributed by atoms with Crippen LogP contribution < -0.4 is 0 Å². The first-order valence-corrected chi connectivity index (χ1v) is 9.81. The van der Waals surface area contributed by atoms with Crippen molar-refractivity contribution in [1.82, 2.24) is 0 Å². The standard InChI is InChI=1S/C21H34O4/c1-2-3-6-9-17(16-22)12-13-18-14-15-20(23)19(18)10-7-4-5-8-11-21(24)25/h12-15,17-19,22H,2-11,16H2,1H3,(H,24,25)/b13-12+/t17?,18-,19+/m0/s1. The van der Waals surface area contributed by atoms with Crippen molar-refractivity contribution in [2.45, 2.75) is 71.1 Å². The Labute approximate surface area is 152 Å². The number of ketones is 1. The van der Waals surface area contributed by atoms with Crippen LogP contribution in [0.1, 0.15) is 71.1 Å². The first-order chi connectivity index (χ1) is 12.1. The molecule has 0 heterocycles. The van der Waals surface area contributed by atoms with Crippen molar-refractivity contribution in [3.8, 4) is 0 Å². The lowest BCUT2D eigenvalue weighted by atomic mass is 9.88. The second-order valence-electron chi connectivity index (χ2n) is 7.12. The van der Waals surface area contributed by atoms with E-state index in [0.717, 1.165) is 38.5 Å². The van der Waals surface area contributed by atoms with E-state index in [1.54, 1.807) is 6.08 Å². The zero-order valence-corrected chi connectivity index (χ0v) is 15.5. The Kier molecular flexibility index (Phi) is 11.1. The second kappa shape index (κ2) is 12.9. The third-order valence-corrected chi connectivity index (χ3v) is 4.99. The number of carbonyl (C=O) groups is 2. The molecule has 25 heavy (non-hydrogen) atoms. The molecule has 3 atom stereocenters. The minimum atomic E-state index is -0.738. The van der Waals surface area contributed by atoms with Crippen molar-refractivity contribution in [2.24, 2.45) is 17.8 Å². The maximum Gasteiger partial charge on any atom is 0.303 e. The molecule has 1 aliphatic carbocycles. The summed E-state index contributed by atoms with van der Waals surface area (Å²) < 4.78 is 0. The number of allylic oxidation sites excluding steroid dienone is 3. The lowest BCUT2D eigenvalue weighted by Gasteiger charge is -2.16. The molecule has 0 aromatic heterocycles. The van der Waals surface area contributed by atoms with E-state index < -0.39 is 5.97 Å². The first-order valence-electron chi connectivity index (χ1n) is 9.81. The summed E-state index contributed by atoms with van der Waals surface area (Å²) in [7, 11) is 0. The molecule has 1 aliphatic rings. The predicted octanol–water partition coefficient (Wildman–Crippen LogP) is 4.53. The highest BCUT2D eigenvalue weighted by molar-refractivity contribution is 5.94. The van der Waals surface area contributed by atoms with Gasteiger partial charge in [-0.3, -0.25) is 9.59 Å². The molecule has 142 valence electrons. The number of hydrogen-bond donors (Lipinski definition) is 2. The van der Waals surface area contributed by atoms with Gasteiger partial charge in [-0.05, 0) is 31.3 Å². The molecule has 0 fully saturated rings. The molecule has 0 spiro atoms. The number of hydrogen-bond acceptors (Lipinski definition) is 3. The lowest BCUT2D eigenvalue weighted by Crippen LogP contribution is -2.15. The Hall–Kier alpha value is -1.42. The minimum Gasteiger partial charge on any atom is -0.481 e. The SMILES string of the molecule is CCCCCC(/C=C/[C@H]1C=CC(=O)[C@@H]1CCCCCCC(=O)O)CO. The summed E-state index contributed by atoms with van der Waals surface area (Å²) in [6.07, 6.45) is 17.0. The van der Waals surface area contributed by atoms with Crippen molar-refractivity contribution in [3.63, 3.8) is 0 Å². The van der Waals surface area contributed by atoms with E-state index in [9.17, 15) is 14.7 Å². The van der Waals surface area contributed by atoms with Crippen LogP contribution in [0, 0.1) is 17.8 Å². The van der Waals surface area contributed by atoms with Gasteiger partial charge in [0.2, 0.25) is 0 Å². The first kappa shape index (κ1) is 21.6. The largest absolute Gasteiger partial charge is 0.481 e. The quantitative estimate of drug-likeness (QED) is 0.356. The average Bonchev–Trinajstić information content (AvgIpc) is 2.94. The summed E-state index contributed by atoms with van der Waals surface area (Å²) in [5.41, 5.74) is 0. The maximum atomic E-state index is 12.1. The molecule has 0 saturated carbocycles. The molecule has 0 radical (unpaired) electrons. The van der Waals surface area contributed by atoms with Crippen LogP contribution in [0.3, 0.4) is 0 Å². The van der Waals surface area contributed by atoms with Gasteiger partial charge in [-0.1, -0.05) is 63.7 Å². The highest BCUT2D eigenvalue weighted by Crippen LogP contribution is 2.29. The van der Waals surface area contributed by atoms with E-state index >= 15 is 0 Å². The molecule has 4 nitrogen and oxygen atoms in total. The molecule has 1 rings (SSSR count). The smallest absolute Gasteiger partial charge is 0.303 e. The molecule has 0 amide bonds. The molecular formula is C21H34O4. The Morgan fingerprint density at radius 1 is 1.20 bits per heavy atom. The molecule has 0 aromatic carbocycles. The molecule has 1 unspecified atom stereocenters. The van der Waals surface area contributed by atoms with Crippen molar-refractivity contribution < 1.29 is 19.8 Å². The van der Waals surface area contributed by atoms with E-state index in [1.165, 1.54) is 12.8 Å². The Bertz CT molecular complexity index is 453. The van der Waals surface area contributed by atoms with E-state index in [-0.39, 0.29) is 36.6 Å². The molecular weight excluding hydrogens is 316 g/mol. The summed E-state index contributed by atoms with van der Waals surface area (Å²) in [5, 5.41) is 18.1. The topological polar surface area (TPSA) is 74.6 Å². The summed E-state index contributed by atoms with van der Waals surface area (Å²) in [5.74, 6) is -0.186. The number of unbranched alkanes of at least 4 members (excludes halogenated alkanes) is 5. The van der Waals surface area contributed by atoms with Gasteiger partial charge in [0, 0.05) is 24.9 Å². The number of aliphatic hydroxyl groups excluding tert-OH is 1. The van der Waals surface area contributed by atoms with E-state index in [2.05, 4.69) is 19.1 Å². The van der Waals surface area contributed by atoms with Crippen LogP contribution in [-0.4, -0.2) is 28.6 Å². The second-order valence-corrected chi connectivity index (χ2v) is 7.12. The fourth-order valence-electron chi connectivity index (χ4n) is 3.37. The zero-order chi connectivity index (χ0) is 18.5. The molecule has 0 aromatic rings. The van der Waals surface area contributed by atoms with Crippen LogP contribution in [-0.2, 0) is 9.59 Å². The molecule has 0 bridgehead atoms. The number of carboxylic acid groups (broad SMARTS) is 1. The van der Waals surface area contributed by atoms with Crippen LogP contribution >= 0.6 is 0 Å². The van der Waals surface area contributed by atoms with Crippen molar-refractivity contribution >= 4 is 11.8 Å². The number of aliphatic hydroxyl groups is 1. The van der Waals surface area contributed by atoms with E-state index in [0.29, 0.717) is 6.42 Å². The van der Waals surface area contributed by atoms with Gasteiger partial charge in [0.25, 0.3) is 0 Å². The van der Waals surface area contributed by atoms with Crippen molar-refractivity contribution in [2.75, 3.05) is 6.61 Å². The van der Waals surface area contributed by atoms with Gasteiger partial charge in [-0.15, -0.1) is 0 Å². The van der Waals surface area contributed by atoms with Gasteiger partial charge in [-0.25, -0.2) is 0 Å². The third-order valence-electron chi connectivity index (χ3n) is 4.99. The Morgan fingerprint density at radius 3 is 2.64 bits per heavy atom. The van der Waals surface area contributed by atoms with Gasteiger partial charge in [0.15, 0.2) is 5.78 Å². The third kappa shape index (κ3) is 9.01. The van der Waals surface area contributed by atoms with Gasteiger partial charge >= 0.3 is 5.97 Å². The van der Waals surface area contributed by atoms with Crippen LogP contribution in [0.25, 0.3) is 0 Å². The molecule has 0 saturated heterocycles. The molecule has 2 N–H and O–H groups in total. The number of carbonyl (C=O) groups excluding carboxylic acids is 1. The van der Waals surface area contributed by atoms with Crippen LogP contribution in [0.15, 0.2) is 24.3 Å². The lowest BCUT2D eigenvalue weighted by molar-refractivity contribution is -0.137. The Morgan fingerprint density at radius 2 is 1.96 bits per heavy atom. The summed E-state index contributed by atoms with van der Waals surface area (Å²) in [6, 6.07) is 0. The van der Waals surface area contributed by atoms with Gasteiger partial charge in [-0.2, -0.15) is 0 Å². The van der Waals surface area contributed by atoms with Crippen LogP contribution in [0.4, 0.5) is 0 Å². The average molecular weight is 350 g/mol. The summed E-state index contributed by atoms with van der Waals surface area (Å²) in [4.78, 5) is 22.6. The van der Waals surface area contributed by atoms with Crippen LogP contribution in [0.5, 0.6) is 0 Å². The van der Waals surface area contributed by atoms with Gasteiger partial charge < -0.3 is 10.2 Å². The van der Waals surface area contributed by atoms with Crippen molar-refractivity contribution in [3.05, 3.63) is 24.3 Å². The minimum absolute atomic E-state index is 0.0192. The van der Waals surface area contributed by atoms with E-state index in [4.69, 9.17) is 5.11 Å². The van der Waals surface area contributed by atoms with Crippen molar-refractivity contribution in [1.29, 1.82) is 0 Å². The predicted molar refractivity (Wildman–Crippen MR) is 100 cm³/mol. The zero-order valence-electron chi connectivity index (χ0n) is 15.5. The maximum absolute atomic E-state index is 12.1. The highest BCUT2D eigenvalue weighted by atomic mass is 16.4. The fourth-order valence-corrected chi connectivity index (χ4v) is 3.37. The highest BCUT2D eigenvalue weighted by Gasteiger charge is 2.27. The number of aliphatic carboxylic acids is 1. The van der Waals surface area contributed by atoms with Gasteiger partial charge in [0.05, 0.1) is 0 Å². The molecule has 4 heteroatoms. The summed E-state index contributed by atoms with van der Waals surface area (Å²) >= 11 is 0. The Balaban J connectivity index is 2.36. The number of rotatable bonds is 14. The monoisotopic (exact) mass is 350 g/mol. The van der Waals surface area contributed by atoms with E-state index in [1.807, 2.05) is 6.08 Å². The van der Waals surface area contributed by atoms with Gasteiger partial charge in [0.1, 0.15) is 0 Å². The number of carboxylic acids is 1.